The Balaban J connectivity index is 4.24. The number of Topliss-reactive ketones (excluding diaryl/α,β-unsaturated/α-hetero) is 1. The van der Waals surface area contributed by atoms with Crippen molar-refractivity contribution in [2.45, 2.75) is 60.2 Å². The van der Waals surface area contributed by atoms with Crippen molar-refractivity contribution in [2.75, 3.05) is 0 Å². The van der Waals surface area contributed by atoms with Crippen LogP contribution >= 0.6 is 0 Å². The summed E-state index contributed by atoms with van der Waals surface area (Å²) in [5.41, 5.74) is -0.201. The number of esters is 2. The molecular formula is C13H22O5. The van der Waals surface area contributed by atoms with Gasteiger partial charge in [0.25, 0.3) is 0 Å². The molecule has 0 spiro atoms. The second kappa shape index (κ2) is 6.52. The highest BCUT2D eigenvalue weighted by molar-refractivity contribution is 5.85. The maximum atomic E-state index is 11.5. The summed E-state index contributed by atoms with van der Waals surface area (Å²) < 4.78 is 9.78. The fraction of sp³-hybridized carbons (Fsp3) is 0.769. The van der Waals surface area contributed by atoms with E-state index in [4.69, 9.17) is 9.47 Å². The molecule has 0 fully saturated rings. The van der Waals surface area contributed by atoms with Crippen LogP contribution in [0.1, 0.15) is 48.0 Å². The van der Waals surface area contributed by atoms with E-state index in [0.717, 1.165) is 0 Å². The maximum absolute atomic E-state index is 11.5. The lowest BCUT2D eigenvalue weighted by Crippen LogP contribution is -2.32. The third-order valence-corrected chi connectivity index (χ3v) is 2.18. The van der Waals surface area contributed by atoms with E-state index in [1.165, 1.54) is 20.8 Å². The molecule has 2 unspecified atom stereocenters. The number of rotatable bonds is 5. The fourth-order valence-electron chi connectivity index (χ4n) is 1.07. The first-order valence-electron chi connectivity index (χ1n) is 5.93. The van der Waals surface area contributed by atoms with Crippen molar-refractivity contribution in [3.8, 4) is 0 Å². The van der Waals surface area contributed by atoms with Gasteiger partial charge in [0.1, 0.15) is 0 Å². The van der Waals surface area contributed by atoms with E-state index in [2.05, 4.69) is 0 Å². The van der Waals surface area contributed by atoms with Crippen molar-refractivity contribution in [1.29, 1.82) is 0 Å². The van der Waals surface area contributed by atoms with Crippen LogP contribution in [0.25, 0.3) is 0 Å². The zero-order chi connectivity index (χ0) is 14.5. The maximum Gasteiger partial charge on any atom is 0.347 e. The molecule has 2 atom stereocenters. The molecule has 18 heavy (non-hydrogen) atoms. The van der Waals surface area contributed by atoms with E-state index >= 15 is 0 Å². The molecule has 0 radical (unpaired) electrons. The van der Waals surface area contributed by atoms with E-state index in [9.17, 15) is 14.4 Å². The quantitative estimate of drug-likeness (QED) is 0.704. The molecule has 0 rings (SSSR count). The molecule has 5 nitrogen and oxygen atoms in total. The molecule has 0 aliphatic heterocycles. The summed E-state index contributed by atoms with van der Waals surface area (Å²) in [4.78, 5) is 33.9. The van der Waals surface area contributed by atoms with Gasteiger partial charge in [0, 0.05) is 0 Å². The largest absolute Gasteiger partial charge is 0.452 e. The van der Waals surface area contributed by atoms with Crippen molar-refractivity contribution in [2.24, 2.45) is 5.41 Å². The van der Waals surface area contributed by atoms with Crippen molar-refractivity contribution < 1.29 is 23.9 Å². The number of carbonyl (C=O) groups excluding carboxylic acids is 3. The lowest BCUT2D eigenvalue weighted by molar-refractivity contribution is -0.171. The highest BCUT2D eigenvalue weighted by Crippen LogP contribution is 2.19. The van der Waals surface area contributed by atoms with Gasteiger partial charge in [-0.2, -0.15) is 0 Å². The van der Waals surface area contributed by atoms with Crippen molar-refractivity contribution in [3.05, 3.63) is 0 Å². The Morgan fingerprint density at radius 2 is 1.50 bits per heavy atom. The van der Waals surface area contributed by atoms with E-state index in [1.54, 1.807) is 0 Å². The average Bonchev–Trinajstić information content (AvgIpc) is 2.13. The molecule has 0 heterocycles. The summed E-state index contributed by atoms with van der Waals surface area (Å²) >= 11 is 0. The number of hydrogen-bond donors (Lipinski definition) is 0. The third-order valence-electron chi connectivity index (χ3n) is 2.18. The van der Waals surface area contributed by atoms with Gasteiger partial charge in [0.05, 0.1) is 6.42 Å². The van der Waals surface area contributed by atoms with Gasteiger partial charge in [0.15, 0.2) is 18.0 Å². The Kier molecular flexibility index (Phi) is 6.01. The smallest absolute Gasteiger partial charge is 0.347 e. The number of ether oxygens (including phenoxy) is 2. The Bertz CT molecular complexity index is 327. The molecule has 0 aromatic rings. The Morgan fingerprint density at radius 1 is 1.00 bits per heavy atom. The Morgan fingerprint density at radius 3 is 1.89 bits per heavy atom. The van der Waals surface area contributed by atoms with Gasteiger partial charge in [-0.15, -0.1) is 0 Å². The normalized spacial score (nSPS) is 14.6. The molecule has 5 heteroatoms. The first-order chi connectivity index (χ1) is 8.03. The highest BCUT2D eigenvalue weighted by atomic mass is 16.6. The molecule has 0 N–H and O–H groups in total. The van der Waals surface area contributed by atoms with E-state index in [0.29, 0.717) is 0 Å². The monoisotopic (exact) mass is 258 g/mol. The van der Waals surface area contributed by atoms with Crippen LogP contribution in [0.2, 0.25) is 0 Å². The van der Waals surface area contributed by atoms with Gasteiger partial charge in [-0.05, 0) is 26.2 Å². The Hall–Kier alpha value is -1.39. The summed E-state index contributed by atoms with van der Waals surface area (Å²) in [5, 5.41) is 0. The minimum atomic E-state index is -0.998. The van der Waals surface area contributed by atoms with Crippen LogP contribution in [-0.2, 0) is 23.9 Å². The zero-order valence-corrected chi connectivity index (χ0v) is 11.9. The molecule has 0 saturated heterocycles. The molecule has 0 aliphatic rings. The van der Waals surface area contributed by atoms with Crippen molar-refractivity contribution >= 4 is 17.7 Å². The molecular weight excluding hydrogens is 236 g/mol. The van der Waals surface area contributed by atoms with Crippen LogP contribution in [0.5, 0.6) is 0 Å². The second-order valence-electron chi connectivity index (χ2n) is 5.56. The van der Waals surface area contributed by atoms with E-state index < -0.39 is 24.1 Å². The molecule has 0 aliphatic carbocycles. The van der Waals surface area contributed by atoms with Crippen LogP contribution < -0.4 is 0 Å². The van der Waals surface area contributed by atoms with Gasteiger partial charge >= 0.3 is 11.9 Å². The minimum Gasteiger partial charge on any atom is -0.452 e. The van der Waals surface area contributed by atoms with Gasteiger partial charge in [-0.1, -0.05) is 20.8 Å². The first-order valence-corrected chi connectivity index (χ1v) is 5.93. The average molecular weight is 258 g/mol. The number of carbonyl (C=O) groups is 3. The van der Waals surface area contributed by atoms with E-state index in [1.807, 2.05) is 20.8 Å². The van der Waals surface area contributed by atoms with Crippen molar-refractivity contribution in [1.82, 2.24) is 0 Å². The van der Waals surface area contributed by atoms with Crippen LogP contribution in [-0.4, -0.2) is 29.9 Å². The van der Waals surface area contributed by atoms with Gasteiger partial charge < -0.3 is 9.47 Å². The molecule has 0 aromatic heterocycles. The van der Waals surface area contributed by atoms with Crippen LogP contribution in [0.3, 0.4) is 0 Å². The summed E-state index contributed by atoms with van der Waals surface area (Å²) in [7, 11) is 0. The van der Waals surface area contributed by atoms with Crippen molar-refractivity contribution in [3.63, 3.8) is 0 Å². The second-order valence-corrected chi connectivity index (χ2v) is 5.56. The number of hydrogen-bond acceptors (Lipinski definition) is 5. The van der Waals surface area contributed by atoms with Gasteiger partial charge in [-0.25, -0.2) is 4.79 Å². The summed E-state index contributed by atoms with van der Waals surface area (Å²) in [5.74, 6) is -1.42. The predicted octanol–water partition coefficient (Wildman–Crippen LogP) is 1.87. The zero-order valence-electron chi connectivity index (χ0n) is 11.9. The standard InChI is InChI=1S/C13H22O5/c1-8(14)9(2)18-12(16)10(3)17-11(15)7-13(4,5)6/h9-10H,7H2,1-6H3. The van der Waals surface area contributed by atoms with E-state index in [-0.39, 0.29) is 17.6 Å². The van der Waals surface area contributed by atoms with Crippen LogP contribution in [0.15, 0.2) is 0 Å². The molecule has 0 aromatic carbocycles. The molecule has 0 bridgehead atoms. The van der Waals surface area contributed by atoms with Crippen LogP contribution in [0, 0.1) is 5.41 Å². The Labute approximate surface area is 108 Å². The summed E-state index contributed by atoms with van der Waals surface area (Å²) in [6.45, 7) is 9.92. The SMILES string of the molecule is CC(=O)C(C)OC(=O)C(C)OC(=O)CC(C)(C)C. The van der Waals surface area contributed by atoms with Gasteiger partial charge in [-0.3, -0.25) is 9.59 Å². The lowest BCUT2D eigenvalue weighted by Gasteiger charge is -2.19. The van der Waals surface area contributed by atoms with Gasteiger partial charge in [0.2, 0.25) is 0 Å². The third kappa shape index (κ3) is 7.04. The summed E-state index contributed by atoms with van der Waals surface area (Å²) in [6, 6.07) is 0. The lowest BCUT2D eigenvalue weighted by atomic mass is 9.92. The fourth-order valence-corrected chi connectivity index (χ4v) is 1.07. The predicted molar refractivity (Wildman–Crippen MR) is 65.9 cm³/mol. The molecule has 0 amide bonds. The summed E-state index contributed by atoms with van der Waals surface area (Å²) in [6.07, 6.45) is -1.60. The highest BCUT2D eigenvalue weighted by Gasteiger charge is 2.25. The topological polar surface area (TPSA) is 69.7 Å². The number of ketones is 1. The van der Waals surface area contributed by atoms with Crippen LogP contribution in [0.4, 0.5) is 0 Å². The molecule has 104 valence electrons. The first kappa shape index (κ1) is 16.6. The molecule has 0 saturated carbocycles. The minimum absolute atomic E-state index is 0.201.